The molecule has 0 aromatic rings. The normalized spacial score (nSPS) is 17.6. The molecule has 0 unspecified atom stereocenters. The van der Waals surface area contributed by atoms with Crippen LogP contribution in [0.1, 0.15) is 110 Å². The Balaban J connectivity index is 1.99. The van der Waals surface area contributed by atoms with Crippen LogP contribution in [0.4, 0.5) is 0 Å². The van der Waals surface area contributed by atoms with Gasteiger partial charge in [-0.05, 0) is 38.5 Å². The number of aliphatic hydroxyl groups is 2. The maximum absolute atomic E-state index is 12.1. The predicted molar refractivity (Wildman–Crippen MR) is 114 cm³/mol. The van der Waals surface area contributed by atoms with Gasteiger partial charge in [0.25, 0.3) is 0 Å². The number of rotatable bonds is 16. The highest BCUT2D eigenvalue weighted by Gasteiger charge is 2.30. The summed E-state index contributed by atoms with van der Waals surface area (Å²) in [6.45, 7) is 2.25. The summed E-state index contributed by atoms with van der Waals surface area (Å²) in [6, 6.07) is 0. The Hall–Kier alpha value is -1.42. The van der Waals surface area contributed by atoms with Gasteiger partial charge < -0.3 is 10.2 Å². The van der Waals surface area contributed by atoms with E-state index in [0.717, 1.165) is 32.1 Å². The Kier molecular flexibility index (Phi) is 13.6. The van der Waals surface area contributed by atoms with Crippen molar-refractivity contribution in [2.24, 2.45) is 0 Å². The van der Waals surface area contributed by atoms with Gasteiger partial charge in [0.05, 0.1) is 0 Å². The van der Waals surface area contributed by atoms with Gasteiger partial charge in [0.1, 0.15) is 17.4 Å². The zero-order chi connectivity index (χ0) is 20.6. The van der Waals surface area contributed by atoms with Crippen LogP contribution in [-0.4, -0.2) is 27.9 Å². The second-order valence-corrected chi connectivity index (χ2v) is 8.00. The molecule has 0 aromatic carbocycles. The molecule has 1 rings (SSSR count). The SMILES string of the molecule is CCCCCCCC/C=C/CCCCCCCC(=O)C1=C(O)[C@@H](O)CCC1=O. The fourth-order valence-corrected chi connectivity index (χ4v) is 3.62. The maximum atomic E-state index is 12.1. The van der Waals surface area contributed by atoms with Crippen molar-refractivity contribution in [1.82, 2.24) is 0 Å². The number of ketones is 2. The fourth-order valence-electron chi connectivity index (χ4n) is 3.62. The number of hydrogen-bond acceptors (Lipinski definition) is 4. The van der Waals surface area contributed by atoms with Gasteiger partial charge in [-0.2, -0.15) is 0 Å². The van der Waals surface area contributed by atoms with E-state index in [9.17, 15) is 19.8 Å². The molecule has 0 aromatic heterocycles. The van der Waals surface area contributed by atoms with Crippen molar-refractivity contribution in [1.29, 1.82) is 0 Å². The van der Waals surface area contributed by atoms with Crippen LogP contribution < -0.4 is 0 Å². The number of unbranched alkanes of at least 4 members (excludes halogenated alkanes) is 11. The van der Waals surface area contributed by atoms with E-state index in [-0.39, 0.29) is 36.4 Å². The lowest BCUT2D eigenvalue weighted by molar-refractivity contribution is -0.123. The molecule has 1 aliphatic rings. The van der Waals surface area contributed by atoms with E-state index in [1.807, 2.05) is 0 Å². The molecule has 160 valence electrons. The average Bonchev–Trinajstić information content (AvgIpc) is 2.68. The van der Waals surface area contributed by atoms with Crippen molar-refractivity contribution in [3.05, 3.63) is 23.5 Å². The Morgan fingerprint density at radius 2 is 1.46 bits per heavy atom. The van der Waals surface area contributed by atoms with E-state index in [4.69, 9.17) is 0 Å². The highest BCUT2D eigenvalue weighted by Crippen LogP contribution is 2.23. The molecule has 0 radical (unpaired) electrons. The maximum Gasteiger partial charge on any atom is 0.170 e. The highest BCUT2D eigenvalue weighted by molar-refractivity contribution is 6.21. The van der Waals surface area contributed by atoms with Crippen LogP contribution in [0.25, 0.3) is 0 Å². The third-order valence-corrected chi connectivity index (χ3v) is 5.44. The predicted octanol–water partition coefficient (Wildman–Crippen LogP) is 6.13. The summed E-state index contributed by atoms with van der Waals surface area (Å²) in [4.78, 5) is 23.9. The topological polar surface area (TPSA) is 74.6 Å². The van der Waals surface area contributed by atoms with Crippen molar-refractivity contribution in [2.75, 3.05) is 0 Å². The van der Waals surface area contributed by atoms with E-state index < -0.39 is 11.9 Å². The fraction of sp³-hybridized carbons (Fsp3) is 0.750. The number of aliphatic hydroxyl groups excluding tert-OH is 2. The van der Waals surface area contributed by atoms with Crippen LogP contribution in [-0.2, 0) is 9.59 Å². The minimum atomic E-state index is -1.06. The summed E-state index contributed by atoms with van der Waals surface area (Å²) >= 11 is 0. The van der Waals surface area contributed by atoms with E-state index in [1.54, 1.807) is 0 Å². The van der Waals surface area contributed by atoms with Gasteiger partial charge in [0, 0.05) is 12.8 Å². The lowest BCUT2D eigenvalue weighted by Gasteiger charge is -2.18. The number of carbonyl (C=O) groups excluding carboxylic acids is 2. The van der Waals surface area contributed by atoms with Crippen molar-refractivity contribution in [3.8, 4) is 0 Å². The van der Waals surface area contributed by atoms with Crippen LogP contribution in [0.5, 0.6) is 0 Å². The van der Waals surface area contributed by atoms with Gasteiger partial charge in [-0.3, -0.25) is 9.59 Å². The molecule has 0 saturated carbocycles. The van der Waals surface area contributed by atoms with Gasteiger partial charge >= 0.3 is 0 Å². The van der Waals surface area contributed by atoms with E-state index >= 15 is 0 Å². The molecule has 28 heavy (non-hydrogen) atoms. The Bertz CT molecular complexity index is 519. The molecule has 2 N–H and O–H groups in total. The zero-order valence-corrected chi connectivity index (χ0v) is 17.8. The number of hydrogen-bond donors (Lipinski definition) is 2. The van der Waals surface area contributed by atoms with Crippen molar-refractivity contribution >= 4 is 11.6 Å². The zero-order valence-electron chi connectivity index (χ0n) is 17.8. The Morgan fingerprint density at radius 3 is 2.07 bits per heavy atom. The van der Waals surface area contributed by atoms with Crippen LogP contribution in [0.3, 0.4) is 0 Å². The average molecular weight is 393 g/mol. The van der Waals surface area contributed by atoms with Crippen molar-refractivity contribution in [2.45, 2.75) is 116 Å². The first-order valence-electron chi connectivity index (χ1n) is 11.4. The number of allylic oxidation sites excluding steroid dienone is 3. The van der Waals surface area contributed by atoms with Crippen molar-refractivity contribution in [3.63, 3.8) is 0 Å². The van der Waals surface area contributed by atoms with Gasteiger partial charge in [0.15, 0.2) is 11.6 Å². The third kappa shape index (κ3) is 10.2. The first kappa shape index (κ1) is 24.6. The molecule has 1 atom stereocenters. The Morgan fingerprint density at radius 1 is 0.929 bits per heavy atom. The summed E-state index contributed by atoms with van der Waals surface area (Å²) in [7, 11) is 0. The minimum Gasteiger partial charge on any atom is -0.509 e. The second kappa shape index (κ2) is 15.5. The number of Topliss-reactive ketones (excluding diaryl/α,β-unsaturated/α-hetero) is 2. The Labute approximate surface area is 171 Å². The first-order chi connectivity index (χ1) is 13.6. The van der Waals surface area contributed by atoms with Crippen LogP contribution in [0.2, 0.25) is 0 Å². The molecule has 0 spiro atoms. The van der Waals surface area contributed by atoms with Crippen LogP contribution in [0, 0.1) is 0 Å². The van der Waals surface area contributed by atoms with E-state index in [2.05, 4.69) is 19.1 Å². The minimum absolute atomic E-state index is 0.138. The monoisotopic (exact) mass is 392 g/mol. The standard InChI is InChI=1S/C24H40O4/c1-2-3-4-5-6-7-8-9-10-11-12-13-14-15-16-17-20(25)23-21(26)18-19-22(27)24(23)28/h9-10,22,27-28H,2-8,11-19H2,1H3/b10-9+/t22-/m0/s1. The van der Waals surface area contributed by atoms with E-state index in [0.29, 0.717) is 0 Å². The molecule has 0 heterocycles. The highest BCUT2D eigenvalue weighted by atomic mass is 16.3. The molecule has 0 aliphatic heterocycles. The molecule has 4 heteroatoms. The van der Waals surface area contributed by atoms with E-state index in [1.165, 1.54) is 51.4 Å². The van der Waals surface area contributed by atoms with Gasteiger partial charge in [0.2, 0.25) is 0 Å². The largest absolute Gasteiger partial charge is 0.509 e. The lowest BCUT2D eigenvalue weighted by atomic mass is 9.89. The number of carbonyl (C=O) groups is 2. The van der Waals surface area contributed by atoms with Crippen molar-refractivity contribution < 1.29 is 19.8 Å². The smallest absolute Gasteiger partial charge is 0.170 e. The second-order valence-electron chi connectivity index (χ2n) is 8.00. The lowest BCUT2D eigenvalue weighted by Crippen LogP contribution is -2.27. The molecular weight excluding hydrogens is 352 g/mol. The molecule has 0 bridgehead atoms. The van der Waals surface area contributed by atoms with Crippen LogP contribution >= 0.6 is 0 Å². The quantitative estimate of drug-likeness (QED) is 0.188. The van der Waals surface area contributed by atoms with Gasteiger partial charge in [-0.15, -0.1) is 0 Å². The third-order valence-electron chi connectivity index (χ3n) is 5.44. The van der Waals surface area contributed by atoms with Gasteiger partial charge in [-0.25, -0.2) is 0 Å². The molecule has 0 amide bonds. The summed E-state index contributed by atoms with van der Waals surface area (Å²) in [5.41, 5.74) is -0.158. The summed E-state index contributed by atoms with van der Waals surface area (Å²) < 4.78 is 0. The summed E-state index contributed by atoms with van der Waals surface area (Å²) in [6.07, 6.45) is 19.7. The summed E-state index contributed by atoms with van der Waals surface area (Å²) in [5.74, 6) is -1.08. The molecule has 0 saturated heterocycles. The molecule has 0 fully saturated rings. The molecular formula is C24H40O4. The van der Waals surface area contributed by atoms with Crippen LogP contribution in [0.15, 0.2) is 23.5 Å². The first-order valence-corrected chi connectivity index (χ1v) is 11.4. The van der Waals surface area contributed by atoms with Gasteiger partial charge in [-0.1, -0.05) is 70.4 Å². The summed E-state index contributed by atoms with van der Waals surface area (Å²) in [5, 5.41) is 19.4. The molecule has 1 aliphatic carbocycles. The molecule has 4 nitrogen and oxygen atoms in total.